The van der Waals surface area contributed by atoms with Gasteiger partial charge in [0.25, 0.3) is 0 Å². The van der Waals surface area contributed by atoms with Crippen LogP contribution in [0.15, 0.2) is 55.0 Å². The van der Waals surface area contributed by atoms with Gasteiger partial charge in [0.1, 0.15) is 11.3 Å². The van der Waals surface area contributed by atoms with E-state index in [0.29, 0.717) is 18.7 Å². The number of aromatic hydroxyl groups is 1. The zero-order chi connectivity index (χ0) is 16.4. The fraction of sp³-hybridized carbons (Fsp3) is 0.263. The van der Waals surface area contributed by atoms with Crippen molar-refractivity contribution in [3.63, 3.8) is 0 Å². The third-order valence-corrected chi connectivity index (χ3v) is 4.51. The number of benzene rings is 1. The van der Waals surface area contributed by atoms with E-state index in [1.807, 2.05) is 36.4 Å². The van der Waals surface area contributed by atoms with Crippen LogP contribution in [0.25, 0.3) is 10.9 Å². The minimum absolute atomic E-state index is 0.0386. The van der Waals surface area contributed by atoms with Crippen molar-refractivity contribution in [2.45, 2.75) is 6.04 Å². The normalized spacial score (nSPS) is 17.0. The molecule has 0 unspecified atom stereocenters. The molecule has 5 heteroatoms. The molecule has 1 N–H and O–H groups in total. The van der Waals surface area contributed by atoms with Crippen LogP contribution in [0, 0.1) is 0 Å². The number of rotatable bonds is 3. The Kier molecular flexibility index (Phi) is 4.11. The van der Waals surface area contributed by atoms with Crippen molar-refractivity contribution in [1.82, 2.24) is 14.9 Å². The van der Waals surface area contributed by atoms with E-state index in [2.05, 4.69) is 14.9 Å². The Hall–Kier alpha value is -2.50. The van der Waals surface area contributed by atoms with Gasteiger partial charge in [0.15, 0.2) is 0 Å². The molecule has 1 fully saturated rings. The van der Waals surface area contributed by atoms with Crippen molar-refractivity contribution < 1.29 is 9.84 Å². The fourth-order valence-electron chi connectivity index (χ4n) is 3.33. The van der Waals surface area contributed by atoms with Crippen molar-refractivity contribution in [3.05, 3.63) is 66.1 Å². The average Bonchev–Trinajstić information content (AvgIpc) is 2.66. The molecule has 0 radical (unpaired) electrons. The third-order valence-electron chi connectivity index (χ3n) is 4.51. The first-order chi connectivity index (χ1) is 11.8. The summed E-state index contributed by atoms with van der Waals surface area (Å²) in [5.74, 6) is 0.251. The number of nitrogens with zero attached hydrogens (tertiary/aromatic N) is 3. The predicted molar refractivity (Wildman–Crippen MR) is 91.9 cm³/mol. The van der Waals surface area contributed by atoms with Crippen LogP contribution < -0.4 is 0 Å². The fourth-order valence-corrected chi connectivity index (χ4v) is 3.33. The zero-order valence-corrected chi connectivity index (χ0v) is 13.3. The van der Waals surface area contributed by atoms with Crippen LogP contribution in [-0.4, -0.2) is 46.3 Å². The molecule has 1 aromatic carbocycles. The molecule has 1 atom stereocenters. The first-order valence-electron chi connectivity index (χ1n) is 8.13. The first kappa shape index (κ1) is 15.1. The van der Waals surface area contributed by atoms with Gasteiger partial charge in [0, 0.05) is 42.6 Å². The molecule has 0 amide bonds. The lowest BCUT2D eigenvalue weighted by Gasteiger charge is -2.35. The molecule has 4 rings (SSSR count). The molecular weight excluding hydrogens is 302 g/mol. The monoisotopic (exact) mass is 321 g/mol. The number of morpholine rings is 1. The highest BCUT2D eigenvalue weighted by atomic mass is 16.5. The van der Waals surface area contributed by atoms with Crippen molar-refractivity contribution in [3.8, 4) is 5.75 Å². The Balaban J connectivity index is 1.85. The first-order valence-corrected chi connectivity index (χ1v) is 8.13. The number of phenols is 1. The summed E-state index contributed by atoms with van der Waals surface area (Å²) in [6.07, 6.45) is 5.29. The van der Waals surface area contributed by atoms with Crippen LogP contribution in [0.1, 0.15) is 17.2 Å². The van der Waals surface area contributed by atoms with Crippen molar-refractivity contribution >= 4 is 10.9 Å². The lowest BCUT2D eigenvalue weighted by molar-refractivity contribution is 0.0236. The summed E-state index contributed by atoms with van der Waals surface area (Å²) in [5.41, 5.74) is 2.62. The SMILES string of the molecule is Oc1c([C@@H](c2ccncc2)N2CCOCC2)ccc2cccnc12. The standard InChI is InChI=1S/C19H19N3O2/c23-19-16(4-3-14-2-1-7-21-17(14)19)18(15-5-8-20-9-6-15)22-10-12-24-13-11-22/h1-9,18,23H,10-13H2/t18-/m1/s1. The maximum absolute atomic E-state index is 10.9. The summed E-state index contributed by atoms with van der Waals surface area (Å²) in [6.45, 7) is 3.06. The van der Waals surface area contributed by atoms with E-state index in [-0.39, 0.29) is 11.8 Å². The molecule has 122 valence electrons. The van der Waals surface area contributed by atoms with Crippen molar-refractivity contribution in [2.24, 2.45) is 0 Å². The highest BCUT2D eigenvalue weighted by Gasteiger charge is 2.27. The Bertz CT molecular complexity index is 832. The number of phenolic OH excluding ortho intramolecular Hbond substituents is 1. The predicted octanol–water partition coefficient (Wildman–Crippen LogP) is 2.76. The minimum atomic E-state index is -0.0386. The summed E-state index contributed by atoms with van der Waals surface area (Å²) in [4.78, 5) is 10.8. The zero-order valence-electron chi connectivity index (χ0n) is 13.3. The topological polar surface area (TPSA) is 58.5 Å². The summed E-state index contributed by atoms with van der Waals surface area (Å²) in [7, 11) is 0. The Labute approximate surface area is 140 Å². The lowest BCUT2D eigenvalue weighted by atomic mass is 9.95. The van der Waals surface area contributed by atoms with Gasteiger partial charge in [-0.25, -0.2) is 0 Å². The van der Waals surface area contributed by atoms with E-state index in [4.69, 9.17) is 4.74 Å². The average molecular weight is 321 g/mol. The van der Waals surface area contributed by atoms with Gasteiger partial charge in [-0.05, 0) is 23.8 Å². The van der Waals surface area contributed by atoms with E-state index >= 15 is 0 Å². The van der Waals surface area contributed by atoms with Crippen molar-refractivity contribution in [2.75, 3.05) is 26.3 Å². The number of hydrogen-bond donors (Lipinski definition) is 1. The molecule has 0 saturated carbocycles. The molecule has 3 heterocycles. The summed E-state index contributed by atoms with van der Waals surface area (Å²) in [6, 6.07) is 11.8. The molecule has 0 aliphatic carbocycles. The second kappa shape index (κ2) is 6.55. The second-order valence-electron chi connectivity index (χ2n) is 5.91. The molecule has 1 aliphatic rings. The number of aromatic nitrogens is 2. The maximum atomic E-state index is 10.9. The smallest absolute Gasteiger partial charge is 0.146 e. The van der Waals surface area contributed by atoms with Gasteiger partial charge < -0.3 is 9.84 Å². The molecule has 24 heavy (non-hydrogen) atoms. The second-order valence-corrected chi connectivity index (χ2v) is 5.91. The van der Waals surface area contributed by atoms with Crippen LogP contribution in [0.2, 0.25) is 0 Å². The Morgan fingerprint density at radius 2 is 1.79 bits per heavy atom. The Morgan fingerprint density at radius 1 is 1.00 bits per heavy atom. The van der Waals surface area contributed by atoms with E-state index < -0.39 is 0 Å². The van der Waals surface area contributed by atoms with Gasteiger partial charge in [0.05, 0.1) is 19.3 Å². The van der Waals surface area contributed by atoms with Gasteiger partial charge in [-0.15, -0.1) is 0 Å². The van der Waals surface area contributed by atoms with E-state index in [1.54, 1.807) is 18.6 Å². The van der Waals surface area contributed by atoms with Gasteiger partial charge >= 0.3 is 0 Å². The molecule has 5 nitrogen and oxygen atoms in total. The van der Waals surface area contributed by atoms with E-state index in [1.165, 1.54) is 0 Å². The molecule has 1 aliphatic heterocycles. The largest absolute Gasteiger partial charge is 0.505 e. The number of fused-ring (bicyclic) bond motifs is 1. The maximum Gasteiger partial charge on any atom is 0.146 e. The molecular formula is C19H19N3O2. The van der Waals surface area contributed by atoms with E-state index in [9.17, 15) is 5.11 Å². The summed E-state index contributed by atoms with van der Waals surface area (Å²) >= 11 is 0. The summed E-state index contributed by atoms with van der Waals surface area (Å²) in [5, 5.41) is 11.8. The van der Waals surface area contributed by atoms with Gasteiger partial charge in [-0.3, -0.25) is 14.9 Å². The van der Waals surface area contributed by atoms with Crippen molar-refractivity contribution in [1.29, 1.82) is 0 Å². The highest BCUT2D eigenvalue weighted by Crippen LogP contribution is 2.37. The van der Waals surface area contributed by atoms with E-state index in [0.717, 1.165) is 29.6 Å². The van der Waals surface area contributed by atoms with Gasteiger partial charge in [-0.2, -0.15) is 0 Å². The van der Waals surface area contributed by atoms with Crippen LogP contribution in [0.3, 0.4) is 0 Å². The van der Waals surface area contributed by atoms with Crippen LogP contribution in [0.5, 0.6) is 5.75 Å². The molecule has 1 saturated heterocycles. The van der Waals surface area contributed by atoms with Gasteiger partial charge in [0.2, 0.25) is 0 Å². The molecule has 2 aromatic heterocycles. The minimum Gasteiger partial charge on any atom is -0.505 e. The van der Waals surface area contributed by atoms with Crippen LogP contribution in [0.4, 0.5) is 0 Å². The van der Waals surface area contributed by atoms with Crippen LogP contribution in [-0.2, 0) is 4.74 Å². The van der Waals surface area contributed by atoms with Crippen LogP contribution >= 0.6 is 0 Å². The number of ether oxygens (including phenoxy) is 1. The van der Waals surface area contributed by atoms with Gasteiger partial charge in [-0.1, -0.05) is 18.2 Å². The quantitative estimate of drug-likeness (QED) is 0.804. The molecule has 3 aromatic rings. The number of pyridine rings is 2. The highest BCUT2D eigenvalue weighted by molar-refractivity contribution is 5.85. The lowest BCUT2D eigenvalue weighted by Crippen LogP contribution is -2.39. The third kappa shape index (κ3) is 2.72. The molecule has 0 bridgehead atoms. The number of hydrogen-bond acceptors (Lipinski definition) is 5. The Morgan fingerprint density at radius 3 is 2.58 bits per heavy atom. The molecule has 0 spiro atoms. The summed E-state index contributed by atoms with van der Waals surface area (Å²) < 4.78 is 5.49.